The Morgan fingerprint density at radius 3 is 2.37 bits per heavy atom. The molecule has 0 bridgehead atoms. The third-order valence-electron chi connectivity index (χ3n) is 4.42. The Kier molecular flexibility index (Phi) is 7.72. The number of nitrogens with two attached hydrogens (primary N) is 1. The maximum absolute atomic E-state index is 12.5. The number of benzene rings is 1. The lowest BCUT2D eigenvalue weighted by atomic mass is 10.1. The number of rotatable bonds is 7. The van der Waals surface area contributed by atoms with Crippen molar-refractivity contribution in [3.8, 4) is 5.75 Å². The topological polar surface area (TPSA) is 199 Å². The van der Waals surface area contributed by atoms with Crippen molar-refractivity contribution in [2.24, 2.45) is 5.73 Å². The number of hydrogen-bond donors (Lipinski definition) is 8. The first-order valence-electron chi connectivity index (χ1n) is 8.88. The number of amides is 2. The van der Waals surface area contributed by atoms with E-state index < -0.39 is 48.8 Å². The molecule has 1 aromatic rings. The molecule has 2 rings (SSSR count). The van der Waals surface area contributed by atoms with Gasteiger partial charge < -0.3 is 46.5 Å². The van der Waals surface area contributed by atoms with Crippen LogP contribution in [-0.2, 0) is 9.53 Å². The number of aliphatic hydroxyl groups excluding tert-OH is 3. The number of hydrogen-bond acceptors (Lipinski definition) is 10. The molecule has 12 heteroatoms. The van der Waals surface area contributed by atoms with Gasteiger partial charge in [-0.25, -0.2) is 0 Å². The second kappa shape index (κ2) is 10.0. The summed E-state index contributed by atoms with van der Waals surface area (Å²) >= 11 is 0. The van der Waals surface area contributed by atoms with E-state index in [9.17, 15) is 19.8 Å². The number of aliphatic hydroxyl groups is 3. The van der Waals surface area contributed by atoms with Crippen LogP contribution >= 0.6 is 0 Å². The molecule has 0 aromatic heterocycles. The molecule has 1 aromatic carbocycles. The van der Waals surface area contributed by atoms with Crippen LogP contribution in [0.4, 0.5) is 0 Å². The lowest BCUT2D eigenvalue weighted by Gasteiger charge is -2.19. The first-order chi connectivity index (χ1) is 14.2. The number of methoxy groups -OCH3 is 1. The maximum Gasteiger partial charge on any atom is 0.271 e. The van der Waals surface area contributed by atoms with Crippen molar-refractivity contribution >= 4 is 17.6 Å². The zero-order chi connectivity index (χ0) is 22.4. The molecule has 9 N–H and O–H groups in total. The Bertz CT molecular complexity index is 827. The summed E-state index contributed by atoms with van der Waals surface area (Å²) in [6, 6.07) is 6.14. The lowest BCUT2D eigenvalue weighted by molar-refractivity contribution is -0.124. The Morgan fingerprint density at radius 2 is 1.87 bits per heavy atom. The maximum atomic E-state index is 12.5. The summed E-state index contributed by atoms with van der Waals surface area (Å²) in [7, 11) is 2.86. The first-order valence-corrected chi connectivity index (χ1v) is 8.88. The predicted molar refractivity (Wildman–Crippen MR) is 104 cm³/mol. The molecule has 0 radical (unpaired) electrons. The van der Waals surface area contributed by atoms with Gasteiger partial charge in [-0.3, -0.25) is 15.0 Å². The third-order valence-corrected chi connectivity index (χ3v) is 4.42. The monoisotopic (exact) mass is 423 g/mol. The van der Waals surface area contributed by atoms with Gasteiger partial charge in [-0.2, -0.15) is 0 Å². The molecule has 0 spiro atoms. The quantitative estimate of drug-likeness (QED) is 0.131. The Morgan fingerprint density at radius 1 is 1.23 bits per heavy atom. The molecule has 0 saturated carbocycles. The molecule has 1 saturated heterocycles. The minimum absolute atomic E-state index is 0.246. The summed E-state index contributed by atoms with van der Waals surface area (Å²) in [5, 5.41) is 43.8. The van der Waals surface area contributed by atoms with Gasteiger partial charge in [-0.15, -0.1) is 0 Å². The van der Waals surface area contributed by atoms with Crippen molar-refractivity contribution in [3.05, 3.63) is 41.2 Å². The average molecular weight is 423 g/mol. The van der Waals surface area contributed by atoms with Crippen LogP contribution < -0.4 is 26.4 Å². The van der Waals surface area contributed by atoms with Crippen LogP contribution in [0.15, 0.2) is 35.7 Å². The van der Waals surface area contributed by atoms with E-state index in [4.69, 9.17) is 25.7 Å². The number of carbonyl (C=O) groups is 2. The number of likely N-dealkylation sites (N-methyl/N-ethyl adjacent to an activating group) is 1. The molecule has 164 valence electrons. The average Bonchev–Trinajstić information content (AvgIpc) is 3.01. The fourth-order valence-corrected chi connectivity index (χ4v) is 2.71. The van der Waals surface area contributed by atoms with E-state index in [1.807, 2.05) is 0 Å². The van der Waals surface area contributed by atoms with Crippen LogP contribution in [0.3, 0.4) is 0 Å². The second-order valence-electron chi connectivity index (χ2n) is 6.33. The Balaban J connectivity index is 2.08. The standard InChI is InChI=1S/C18H25N5O7/c1-21-12(17(28)23-18-14(26)13(25)10(7-24)30-18)11(19)15(20)22-16(27)8-3-5-9(29-2)6-4-8/h3-6,10,13-14,18,21,24-26H,7,19H2,1-2H3,(H,23,28)(H2,20,22,27)/b12-11+. The molecule has 1 aliphatic heterocycles. The molecule has 1 heterocycles. The fourth-order valence-electron chi connectivity index (χ4n) is 2.71. The van der Waals surface area contributed by atoms with E-state index in [1.54, 1.807) is 12.1 Å². The number of nitrogens with one attached hydrogen (secondary N) is 4. The molecule has 0 aliphatic carbocycles. The molecule has 2 amide bonds. The summed E-state index contributed by atoms with van der Waals surface area (Å²) in [6.45, 7) is -0.552. The van der Waals surface area contributed by atoms with E-state index >= 15 is 0 Å². The van der Waals surface area contributed by atoms with E-state index in [1.165, 1.54) is 26.3 Å². The van der Waals surface area contributed by atoms with Gasteiger partial charge >= 0.3 is 0 Å². The van der Waals surface area contributed by atoms with Crippen LogP contribution in [0, 0.1) is 5.41 Å². The van der Waals surface area contributed by atoms with E-state index in [0.717, 1.165) is 0 Å². The highest BCUT2D eigenvalue weighted by Crippen LogP contribution is 2.19. The smallest absolute Gasteiger partial charge is 0.271 e. The molecule has 1 fully saturated rings. The number of amidine groups is 1. The highest BCUT2D eigenvalue weighted by molar-refractivity contribution is 6.13. The van der Waals surface area contributed by atoms with Crippen molar-refractivity contribution in [2.75, 3.05) is 20.8 Å². The highest BCUT2D eigenvalue weighted by Gasteiger charge is 2.43. The zero-order valence-corrected chi connectivity index (χ0v) is 16.4. The van der Waals surface area contributed by atoms with Crippen molar-refractivity contribution in [1.82, 2.24) is 16.0 Å². The van der Waals surface area contributed by atoms with Gasteiger partial charge in [0.15, 0.2) is 12.1 Å². The normalized spacial score (nSPS) is 23.9. The third kappa shape index (κ3) is 5.04. The van der Waals surface area contributed by atoms with Crippen LogP contribution in [0.2, 0.25) is 0 Å². The van der Waals surface area contributed by atoms with Crippen molar-refractivity contribution in [1.29, 1.82) is 5.41 Å². The van der Waals surface area contributed by atoms with Crippen LogP contribution in [0.1, 0.15) is 10.4 Å². The fraction of sp³-hybridized carbons (Fsp3) is 0.389. The Hall–Kier alpha value is -3.19. The zero-order valence-electron chi connectivity index (χ0n) is 16.4. The molecule has 1 aliphatic rings. The van der Waals surface area contributed by atoms with Crippen molar-refractivity contribution in [2.45, 2.75) is 24.5 Å². The van der Waals surface area contributed by atoms with Crippen molar-refractivity contribution < 1.29 is 34.4 Å². The summed E-state index contributed by atoms with van der Waals surface area (Å²) in [5.41, 5.74) is 5.44. The van der Waals surface area contributed by atoms with Gasteiger partial charge in [-0.05, 0) is 24.3 Å². The Labute approximate surface area is 172 Å². The summed E-state index contributed by atoms with van der Waals surface area (Å²) in [4.78, 5) is 24.8. The minimum atomic E-state index is -1.47. The first kappa shape index (κ1) is 23.1. The second-order valence-corrected chi connectivity index (χ2v) is 6.33. The van der Waals surface area contributed by atoms with Gasteiger partial charge in [0.2, 0.25) is 0 Å². The van der Waals surface area contributed by atoms with Gasteiger partial charge in [0, 0.05) is 12.6 Å². The molecular weight excluding hydrogens is 398 g/mol. The van der Waals surface area contributed by atoms with Crippen LogP contribution in [0.5, 0.6) is 5.75 Å². The highest BCUT2D eigenvalue weighted by atomic mass is 16.6. The van der Waals surface area contributed by atoms with Crippen molar-refractivity contribution in [3.63, 3.8) is 0 Å². The van der Waals surface area contributed by atoms with E-state index in [-0.39, 0.29) is 17.0 Å². The molecule has 30 heavy (non-hydrogen) atoms. The van der Waals surface area contributed by atoms with E-state index in [2.05, 4.69) is 16.0 Å². The predicted octanol–water partition coefficient (Wildman–Crippen LogP) is -2.65. The van der Waals surface area contributed by atoms with Gasteiger partial charge in [0.05, 0.1) is 13.7 Å². The number of ether oxygens (including phenoxy) is 2. The van der Waals surface area contributed by atoms with Gasteiger partial charge in [0.25, 0.3) is 11.8 Å². The minimum Gasteiger partial charge on any atom is -0.497 e. The molecular formula is C18H25N5O7. The largest absolute Gasteiger partial charge is 0.497 e. The lowest BCUT2D eigenvalue weighted by Crippen LogP contribution is -2.47. The van der Waals surface area contributed by atoms with Gasteiger partial charge in [-0.1, -0.05) is 0 Å². The molecule has 12 nitrogen and oxygen atoms in total. The SMILES string of the molecule is CN/C(C(=O)NC1OC(CO)C(O)C1O)=C(/N)C(=N)NC(=O)c1ccc(OC)cc1. The summed E-state index contributed by atoms with van der Waals surface area (Å²) < 4.78 is 10.2. The van der Waals surface area contributed by atoms with Crippen LogP contribution in [-0.4, -0.2) is 78.3 Å². The molecule has 4 atom stereocenters. The molecule has 4 unspecified atom stereocenters. The van der Waals surface area contributed by atoms with Crippen LogP contribution in [0.25, 0.3) is 0 Å². The van der Waals surface area contributed by atoms with E-state index in [0.29, 0.717) is 5.75 Å². The summed E-state index contributed by atoms with van der Waals surface area (Å²) in [6.07, 6.45) is -5.22. The number of carbonyl (C=O) groups excluding carboxylic acids is 2. The van der Waals surface area contributed by atoms with Gasteiger partial charge in [0.1, 0.15) is 35.5 Å². The summed E-state index contributed by atoms with van der Waals surface area (Å²) in [5.74, 6) is -1.45.